The van der Waals surface area contributed by atoms with Crippen molar-refractivity contribution in [2.75, 3.05) is 5.32 Å². The van der Waals surface area contributed by atoms with Crippen molar-refractivity contribution in [2.45, 2.75) is 13.5 Å². The van der Waals surface area contributed by atoms with Crippen molar-refractivity contribution in [3.63, 3.8) is 0 Å². The molecule has 0 spiro atoms. The summed E-state index contributed by atoms with van der Waals surface area (Å²) in [7, 11) is 0. The van der Waals surface area contributed by atoms with Crippen LogP contribution in [-0.2, 0) is 6.54 Å². The van der Waals surface area contributed by atoms with Crippen molar-refractivity contribution >= 4 is 48.9 Å². The third-order valence-electron chi connectivity index (χ3n) is 2.18. The van der Waals surface area contributed by atoms with E-state index in [4.69, 9.17) is 0 Å². The van der Waals surface area contributed by atoms with E-state index in [-0.39, 0.29) is 0 Å². The highest BCUT2D eigenvalue weighted by molar-refractivity contribution is 9.11. The van der Waals surface area contributed by atoms with Crippen molar-refractivity contribution in [1.82, 2.24) is 0 Å². The van der Waals surface area contributed by atoms with Gasteiger partial charge in [-0.15, -0.1) is 11.3 Å². The summed E-state index contributed by atoms with van der Waals surface area (Å²) in [6.45, 7) is 3.00. The van der Waals surface area contributed by atoms with Crippen LogP contribution >= 0.6 is 43.2 Å². The number of anilines is 1. The quantitative estimate of drug-likeness (QED) is 0.793. The fourth-order valence-corrected chi connectivity index (χ4v) is 2.97. The van der Waals surface area contributed by atoms with Gasteiger partial charge in [0.2, 0.25) is 0 Å². The lowest BCUT2D eigenvalue weighted by Gasteiger charge is -2.07. The summed E-state index contributed by atoms with van der Waals surface area (Å²) >= 11 is 8.83. The zero-order valence-electron chi connectivity index (χ0n) is 8.76. The molecule has 2 aromatic rings. The molecule has 0 atom stereocenters. The summed E-state index contributed by atoms with van der Waals surface area (Å²) in [5.41, 5.74) is 1.11. The van der Waals surface area contributed by atoms with Crippen molar-refractivity contribution in [3.05, 3.63) is 49.0 Å². The second-order valence-corrected chi connectivity index (χ2v) is 6.63. The van der Waals surface area contributed by atoms with Crippen LogP contribution in [0, 0.1) is 6.92 Å². The largest absolute Gasteiger partial charge is 0.379 e. The highest BCUT2D eigenvalue weighted by Crippen LogP contribution is 2.27. The van der Waals surface area contributed by atoms with Gasteiger partial charge >= 0.3 is 0 Å². The maximum Gasteiger partial charge on any atom is 0.0498 e. The van der Waals surface area contributed by atoms with E-state index < -0.39 is 0 Å². The maximum atomic E-state index is 3.53. The van der Waals surface area contributed by atoms with Crippen molar-refractivity contribution in [1.29, 1.82) is 0 Å². The highest BCUT2D eigenvalue weighted by atomic mass is 79.9. The minimum Gasteiger partial charge on any atom is -0.379 e. The van der Waals surface area contributed by atoms with Crippen molar-refractivity contribution in [2.24, 2.45) is 0 Å². The molecule has 0 saturated carbocycles. The van der Waals surface area contributed by atoms with Crippen molar-refractivity contribution < 1.29 is 0 Å². The van der Waals surface area contributed by atoms with Gasteiger partial charge in [-0.25, -0.2) is 0 Å². The first-order chi connectivity index (χ1) is 7.65. The van der Waals surface area contributed by atoms with E-state index in [0.717, 1.165) is 21.2 Å². The number of rotatable bonds is 3. The maximum absolute atomic E-state index is 3.53. The third kappa shape index (κ3) is 3.09. The summed E-state index contributed by atoms with van der Waals surface area (Å²) in [5, 5.41) is 3.42. The van der Waals surface area contributed by atoms with Gasteiger partial charge < -0.3 is 5.32 Å². The van der Waals surface area contributed by atoms with Crippen LogP contribution < -0.4 is 5.32 Å². The zero-order valence-corrected chi connectivity index (χ0v) is 12.7. The Labute approximate surface area is 116 Å². The summed E-state index contributed by atoms with van der Waals surface area (Å²) in [6.07, 6.45) is 0. The molecule has 0 bridgehead atoms. The van der Waals surface area contributed by atoms with E-state index in [2.05, 4.69) is 62.3 Å². The molecule has 1 aromatic carbocycles. The number of halogens is 2. The molecule has 16 heavy (non-hydrogen) atoms. The first-order valence-corrected chi connectivity index (χ1v) is 7.29. The standard InChI is InChI=1S/C12H11Br2NS/c1-8-2-4-10(16-8)7-15-12-6-9(13)3-5-11(12)14/h2-6,15H,7H2,1H3. The first kappa shape index (κ1) is 12.1. The van der Waals surface area contributed by atoms with Gasteiger partial charge in [-0.05, 0) is 53.2 Å². The van der Waals surface area contributed by atoms with Gasteiger partial charge in [0.1, 0.15) is 0 Å². The second kappa shape index (κ2) is 5.34. The fourth-order valence-electron chi connectivity index (χ4n) is 1.40. The van der Waals surface area contributed by atoms with Gasteiger partial charge in [0, 0.05) is 30.9 Å². The van der Waals surface area contributed by atoms with Gasteiger partial charge in [-0.1, -0.05) is 15.9 Å². The molecule has 0 saturated heterocycles. The molecule has 0 aliphatic rings. The summed E-state index contributed by atoms with van der Waals surface area (Å²) < 4.78 is 2.17. The average Bonchev–Trinajstić information content (AvgIpc) is 2.66. The molecule has 1 N–H and O–H groups in total. The molecule has 84 valence electrons. The van der Waals surface area contributed by atoms with Crippen molar-refractivity contribution in [3.8, 4) is 0 Å². The van der Waals surface area contributed by atoms with Gasteiger partial charge in [-0.3, -0.25) is 0 Å². The molecule has 4 heteroatoms. The van der Waals surface area contributed by atoms with Crippen LogP contribution in [0.15, 0.2) is 39.3 Å². The van der Waals surface area contributed by atoms with E-state index in [1.54, 1.807) is 0 Å². The Morgan fingerprint density at radius 2 is 2.00 bits per heavy atom. The number of benzene rings is 1. The molecule has 1 nitrogen and oxygen atoms in total. The number of hydrogen-bond donors (Lipinski definition) is 1. The zero-order chi connectivity index (χ0) is 11.5. The Balaban J connectivity index is 2.07. The van der Waals surface area contributed by atoms with Gasteiger partial charge in [0.15, 0.2) is 0 Å². The topological polar surface area (TPSA) is 12.0 Å². The summed E-state index contributed by atoms with van der Waals surface area (Å²) in [6, 6.07) is 10.4. The summed E-state index contributed by atoms with van der Waals surface area (Å²) in [4.78, 5) is 2.70. The Morgan fingerprint density at radius 1 is 1.19 bits per heavy atom. The van der Waals surface area contributed by atoms with E-state index in [1.165, 1.54) is 9.75 Å². The van der Waals surface area contributed by atoms with Crippen LogP contribution in [0.3, 0.4) is 0 Å². The number of aryl methyl sites for hydroxylation is 1. The number of thiophene rings is 1. The van der Waals surface area contributed by atoms with Crippen LogP contribution in [-0.4, -0.2) is 0 Å². The molecule has 0 fully saturated rings. The van der Waals surface area contributed by atoms with E-state index in [9.17, 15) is 0 Å². The van der Waals surface area contributed by atoms with Gasteiger partial charge in [-0.2, -0.15) is 0 Å². The molecule has 0 amide bonds. The van der Waals surface area contributed by atoms with Gasteiger partial charge in [0.05, 0.1) is 0 Å². The van der Waals surface area contributed by atoms with Crippen LogP contribution in [0.25, 0.3) is 0 Å². The lowest BCUT2D eigenvalue weighted by atomic mass is 10.3. The molecule has 0 unspecified atom stereocenters. The van der Waals surface area contributed by atoms with Gasteiger partial charge in [0.25, 0.3) is 0 Å². The Morgan fingerprint density at radius 3 is 2.69 bits per heavy atom. The second-order valence-electron chi connectivity index (χ2n) is 3.49. The van der Waals surface area contributed by atoms with Crippen LogP contribution in [0.2, 0.25) is 0 Å². The monoisotopic (exact) mass is 359 g/mol. The molecule has 2 rings (SSSR count). The predicted molar refractivity (Wildman–Crippen MR) is 78.2 cm³/mol. The third-order valence-corrected chi connectivity index (χ3v) is 4.36. The lowest BCUT2D eigenvalue weighted by molar-refractivity contribution is 1.19. The molecule has 0 aliphatic heterocycles. The van der Waals surface area contributed by atoms with E-state index in [0.29, 0.717) is 0 Å². The van der Waals surface area contributed by atoms with Crippen LogP contribution in [0.5, 0.6) is 0 Å². The van der Waals surface area contributed by atoms with E-state index >= 15 is 0 Å². The Hall–Kier alpha value is -0.320. The molecule has 0 aliphatic carbocycles. The highest BCUT2D eigenvalue weighted by Gasteiger charge is 2.01. The summed E-state index contributed by atoms with van der Waals surface area (Å²) in [5.74, 6) is 0. The lowest BCUT2D eigenvalue weighted by Crippen LogP contribution is -1.97. The smallest absolute Gasteiger partial charge is 0.0498 e. The first-order valence-electron chi connectivity index (χ1n) is 4.89. The fraction of sp³-hybridized carbons (Fsp3) is 0.167. The van der Waals surface area contributed by atoms with E-state index in [1.807, 2.05) is 23.5 Å². The molecular weight excluding hydrogens is 350 g/mol. The average molecular weight is 361 g/mol. The molecule has 1 aromatic heterocycles. The predicted octanol–water partition coefficient (Wildman–Crippen LogP) is 5.19. The number of hydrogen-bond acceptors (Lipinski definition) is 2. The molecular formula is C12H11Br2NS. The van der Waals surface area contributed by atoms with Crippen LogP contribution in [0.1, 0.15) is 9.75 Å². The normalized spacial score (nSPS) is 10.4. The minimum atomic E-state index is 0.869. The molecule has 1 heterocycles. The number of nitrogens with one attached hydrogen (secondary N) is 1. The SMILES string of the molecule is Cc1ccc(CNc2cc(Br)ccc2Br)s1. The Bertz CT molecular complexity index is 494. The minimum absolute atomic E-state index is 0.869. The molecule has 0 radical (unpaired) electrons. The van der Waals surface area contributed by atoms with Crippen LogP contribution in [0.4, 0.5) is 5.69 Å². The Kier molecular flexibility index (Phi) is 4.05.